The second-order valence-corrected chi connectivity index (χ2v) is 5.20. The van der Waals surface area contributed by atoms with E-state index in [9.17, 15) is 9.59 Å². The zero-order chi connectivity index (χ0) is 16.1. The molecule has 1 N–H and O–H groups in total. The molecule has 0 radical (unpaired) electrons. The zero-order valence-corrected chi connectivity index (χ0v) is 12.9. The summed E-state index contributed by atoms with van der Waals surface area (Å²) < 4.78 is 5.60. The Morgan fingerprint density at radius 3 is 2.41 bits per heavy atom. The molecule has 0 aliphatic rings. The summed E-state index contributed by atoms with van der Waals surface area (Å²) in [4.78, 5) is 23.5. The molecule has 0 heterocycles. The van der Waals surface area contributed by atoms with Gasteiger partial charge in [0.25, 0.3) is 5.91 Å². The van der Waals surface area contributed by atoms with Crippen LogP contribution in [0.5, 0.6) is 5.75 Å². The zero-order valence-electron chi connectivity index (χ0n) is 12.9. The first-order valence-electron chi connectivity index (χ1n) is 7.11. The standard InChI is InChI=1S/C18H19NO3/c1-12-7-9-16(10-8-12)19-18(21)14(3)22-17-6-4-5-15(11-17)13(2)20/h4-11,14H,1-3H3,(H,19,21)/t14-/m1/s1. The Labute approximate surface area is 130 Å². The summed E-state index contributed by atoms with van der Waals surface area (Å²) in [5, 5.41) is 2.80. The molecule has 1 amide bonds. The molecule has 114 valence electrons. The van der Waals surface area contributed by atoms with E-state index in [0.717, 1.165) is 11.3 Å². The van der Waals surface area contributed by atoms with Gasteiger partial charge in [-0.05, 0) is 45.0 Å². The number of amides is 1. The monoisotopic (exact) mass is 297 g/mol. The van der Waals surface area contributed by atoms with E-state index in [1.54, 1.807) is 31.2 Å². The Balaban J connectivity index is 2.00. The summed E-state index contributed by atoms with van der Waals surface area (Å²) in [5.41, 5.74) is 2.41. The van der Waals surface area contributed by atoms with Gasteiger partial charge in [-0.2, -0.15) is 0 Å². The number of ketones is 1. The molecule has 0 spiro atoms. The third kappa shape index (κ3) is 4.19. The Kier molecular flexibility index (Phi) is 4.94. The number of anilines is 1. The van der Waals surface area contributed by atoms with E-state index in [1.807, 2.05) is 31.2 Å². The van der Waals surface area contributed by atoms with Crippen molar-refractivity contribution in [1.82, 2.24) is 0 Å². The number of hydrogen-bond donors (Lipinski definition) is 1. The summed E-state index contributed by atoms with van der Waals surface area (Å²) in [6, 6.07) is 14.4. The number of rotatable bonds is 5. The smallest absolute Gasteiger partial charge is 0.265 e. The minimum absolute atomic E-state index is 0.0396. The van der Waals surface area contributed by atoms with E-state index >= 15 is 0 Å². The highest BCUT2D eigenvalue weighted by atomic mass is 16.5. The van der Waals surface area contributed by atoms with Gasteiger partial charge in [-0.15, -0.1) is 0 Å². The van der Waals surface area contributed by atoms with Gasteiger partial charge in [-0.1, -0.05) is 29.8 Å². The predicted octanol–water partition coefficient (Wildman–Crippen LogP) is 3.60. The van der Waals surface area contributed by atoms with Crippen molar-refractivity contribution < 1.29 is 14.3 Å². The van der Waals surface area contributed by atoms with Gasteiger partial charge < -0.3 is 10.1 Å². The lowest BCUT2D eigenvalue weighted by atomic mass is 10.1. The van der Waals surface area contributed by atoms with Crippen molar-refractivity contribution in [3.8, 4) is 5.75 Å². The molecular weight excluding hydrogens is 278 g/mol. The normalized spacial score (nSPS) is 11.6. The van der Waals surface area contributed by atoms with Crippen LogP contribution in [0.3, 0.4) is 0 Å². The van der Waals surface area contributed by atoms with Crippen molar-refractivity contribution in [3.05, 3.63) is 59.7 Å². The molecular formula is C18H19NO3. The maximum absolute atomic E-state index is 12.1. The molecule has 22 heavy (non-hydrogen) atoms. The number of Topliss-reactive ketones (excluding diaryl/α,β-unsaturated/α-hetero) is 1. The Morgan fingerprint density at radius 1 is 1.09 bits per heavy atom. The highest BCUT2D eigenvalue weighted by molar-refractivity contribution is 5.95. The average Bonchev–Trinajstić information content (AvgIpc) is 2.49. The summed E-state index contributed by atoms with van der Waals surface area (Å²) in [6.07, 6.45) is -0.663. The van der Waals surface area contributed by atoms with Crippen LogP contribution < -0.4 is 10.1 Å². The Hall–Kier alpha value is -2.62. The van der Waals surface area contributed by atoms with Gasteiger partial charge in [-0.3, -0.25) is 9.59 Å². The third-order valence-electron chi connectivity index (χ3n) is 3.24. The van der Waals surface area contributed by atoms with E-state index in [2.05, 4.69) is 5.32 Å². The van der Waals surface area contributed by atoms with Crippen LogP contribution in [0.25, 0.3) is 0 Å². The van der Waals surface area contributed by atoms with Gasteiger partial charge in [0.15, 0.2) is 11.9 Å². The SMILES string of the molecule is CC(=O)c1cccc(O[C@H](C)C(=O)Nc2ccc(C)cc2)c1. The Bertz CT molecular complexity index is 677. The number of ether oxygens (including phenoxy) is 1. The first kappa shape index (κ1) is 15.8. The van der Waals surface area contributed by atoms with Crippen molar-refractivity contribution in [2.75, 3.05) is 5.32 Å². The summed E-state index contributed by atoms with van der Waals surface area (Å²) in [7, 11) is 0. The predicted molar refractivity (Wildman–Crippen MR) is 86.3 cm³/mol. The first-order chi connectivity index (χ1) is 10.5. The molecule has 2 aromatic carbocycles. The van der Waals surface area contributed by atoms with Crippen LogP contribution in [0.2, 0.25) is 0 Å². The van der Waals surface area contributed by atoms with Crippen molar-refractivity contribution in [2.45, 2.75) is 26.9 Å². The highest BCUT2D eigenvalue weighted by Gasteiger charge is 2.15. The number of hydrogen-bond acceptors (Lipinski definition) is 3. The lowest BCUT2D eigenvalue weighted by molar-refractivity contribution is -0.122. The Morgan fingerprint density at radius 2 is 1.77 bits per heavy atom. The number of benzene rings is 2. The fourth-order valence-electron chi connectivity index (χ4n) is 1.93. The van der Waals surface area contributed by atoms with Gasteiger partial charge in [0.05, 0.1) is 0 Å². The molecule has 0 aliphatic carbocycles. The maximum Gasteiger partial charge on any atom is 0.265 e. The molecule has 4 nitrogen and oxygen atoms in total. The van der Waals surface area contributed by atoms with Crippen LogP contribution >= 0.6 is 0 Å². The largest absolute Gasteiger partial charge is 0.481 e. The van der Waals surface area contributed by atoms with E-state index in [1.165, 1.54) is 6.92 Å². The molecule has 2 rings (SSSR count). The molecule has 0 bridgehead atoms. The van der Waals surface area contributed by atoms with Gasteiger partial charge in [-0.25, -0.2) is 0 Å². The number of carbonyl (C=O) groups excluding carboxylic acids is 2. The number of aryl methyl sites for hydroxylation is 1. The third-order valence-corrected chi connectivity index (χ3v) is 3.24. The topological polar surface area (TPSA) is 55.4 Å². The molecule has 0 unspecified atom stereocenters. The lowest BCUT2D eigenvalue weighted by Crippen LogP contribution is -2.30. The van der Waals surface area contributed by atoms with E-state index in [0.29, 0.717) is 11.3 Å². The van der Waals surface area contributed by atoms with Gasteiger partial charge in [0.2, 0.25) is 0 Å². The molecule has 0 aliphatic heterocycles. The van der Waals surface area contributed by atoms with Gasteiger partial charge >= 0.3 is 0 Å². The summed E-state index contributed by atoms with van der Waals surface area (Å²) in [6.45, 7) is 5.15. The average molecular weight is 297 g/mol. The van der Waals surface area contributed by atoms with E-state index < -0.39 is 6.10 Å². The second kappa shape index (κ2) is 6.89. The minimum atomic E-state index is -0.663. The first-order valence-corrected chi connectivity index (χ1v) is 7.11. The fraction of sp³-hybridized carbons (Fsp3) is 0.222. The fourth-order valence-corrected chi connectivity index (χ4v) is 1.93. The van der Waals surface area contributed by atoms with Crippen molar-refractivity contribution in [1.29, 1.82) is 0 Å². The van der Waals surface area contributed by atoms with Gasteiger partial charge in [0.1, 0.15) is 5.75 Å². The molecule has 2 aromatic rings. The van der Waals surface area contributed by atoms with E-state index in [4.69, 9.17) is 4.74 Å². The van der Waals surface area contributed by atoms with Crippen LogP contribution in [0, 0.1) is 6.92 Å². The number of carbonyl (C=O) groups is 2. The van der Waals surface area contributed by atoms with E-state index in [-0.39, 0.29) is 11.7 Å². The van der Waals surface area contributed by atoms with Crippen molar-refractivity contribution in [2.24, 2.45) is 0 Å². The molecule has 4 heteroatoms. The molecule has 0 saturated heterocycles. The van der Waals surface area contributed by atoms with Crippen molar-refractivity contribution >= 4 is 17.4 Å². The van der Waals surface area contributed by atoms with Crippen molar-refractivity contribution in [3.63, 3.8) is 0 Å². The number of nitrogens with one attached hydrogen (secondary N) is 1. The highest BCUT2D eigenvalue weighted by Crippen LogP contribution is 2.16. The molecule has 1 atom stereocenters. The molecule has 0 saturated carbocycles. The van der Waals surface area contributed by atoms with Crippen LogP contribution in [0.15, 0.2) is 48.5 Å². The lowest BCUT2D eigenvalue weighted by Gasteiger charge is -2.15. The maximum atomic E-state index is 12.1. The minimum Gasteiger partial charge on any atom is -0.481 e. The van der Waals surface area contributed by atoms with Crippen LogP contribution in [-0.4, -0.2) is 17.8 Å². The molecule has 0 fully saturated rings. The molecule has 0 aromatic heterocycles. The summed E-state index contributed by atoms with van der Waals surface area (Å²) >= 11 is 0. The quantitative estimate of drug-likeness (QED) is 0.858. The summed E-state index contributed by atoms with van der Waals surface area (Å²) in [5.74, 6) is 0.221. The van der Waals surface area contributed by atoms with Crippen LogP contribution in [0.4, 0.5) is 5.69 Å². The second-order valence-electron chi connectivity index (χ2n) is 5.20. The van der Waals surface area contributed by atoms with Crippen LogP contribution in [-0.2, 0) is 4.79 Å². The van der Waals surface area contributed by atoms with Gasteiger partial charge in [0, 0.05) is 11.3 Å². The van der Waals surface area contributed by atoms with Crippen LogP contribution in [0.1, 0.15) is 29.8 Å².